The Labute approximate surface area is 156 Å². The fraction of sp³-hybridized carbons (Fsp3) is 0.500. The molecule has 27 heavy (non-hydrogen) atoms. The molecule has 1 N–H and O–H groups in total. The van der Waals surface area contributed by atoms with Crippen LogP contribution in [0.5, 0.6) is 0 Å². The molecule has 2 aliphatic heterocycles. The molecule has 1 amide bonds. The average Bonchev–Trinajstić information content (AvgIpc) is 3.27. The highest BCUT2D eigenvalue weighted by Crippen LogP contribution is 2.34. The quantitative estimate of drug-likeness (QED) is 0.755. The van der Waals surface area contributed by atoms with E-state index in [0.717, 1.165) is 17.6 Å². The number of likely N-dealkylation sites (tertiary alicyclic amines) is 1. The van der Waals surface area contributed by atoms with Crippen molar-refractivity contribution in [3.05, 3.63) is 23.5 Å². The third kappa shape index (κ3) is 3.01. The monoisotopic (exact) mass is 392 g/mol. The fourth-order valence-corrected chi connectivity index (χ4v) is 4.38. The van der Waals surface area contributed by atoms with Crippen molar-refractivity contribution in [2.24, 2.45) is 0 Å². The molecule has 0 aliphatic carbocycles. The maximum Gasteiger partial charge on any atom is 0.407 e. The van der Waals surface area contributed by atoms with Crippen LogP contribution >= 0.6 is 0 Å². The van der Waals surface area contributed by atoms with Crippen LogP contribution in [-0.4, -0.2) is 75.7 Å². The SMILES string of the molecule is Cc1cc(C)n(-c2cc(N3C[C@@H]4C[C@H]3CN4C(=O)O)nc(S(C)(=O)=O)n2)n1. The molecular formula is C16H20N6O4S. The predicted molar refractivity (Wildman–Crippen MR) is 96.0 cm³/mol. The highest BCUT2D eigenvalue weighted by molar-refractivity contribution is 7.90. The maximum absolute atomic E-state index is 12.1. The van der Waals surface area contributed by atoms with Crippen LogP contribution in [0.3, 0.4) is 0 Å². The summed E-state index contributed by atoms with van der Waals surface area (Å²) in [6.07, 6.45) is 0.851. The average molecular weight is 392 g/mol. The third-order valence-electron chi connectivity index (χ3n) is 5.02. The zero-order valence-electron chi connectivity index (χ0n) is 15.2. The van der Waals surface area contributed by atoms with E-state index in [-0.39, 0.29) is 17.2 Å². The first-order chi connectivity index (χ1) is 12.6. The van der Waals surface area contributed by atoms with Crippen molar-refractivity contribution in [2.45, 2.75) is 37.5 Å². The van der Waals surface area contributed by atoms with Crippen LogP contribution in [-0.2, 0) is 9.84 Å². The Kier molecular flexibility index (Phi) is 3.88. The van der Waals surface area contributed by atoms with E-state index in [0.29, 0.717) is 31.1 Å². The van der Waals surface area contributed by atoms with Gasteiger partial charge in [0.15, 0.2) is 5.82 Å². The summed E-state index contributed by atoms with van der Waals surface area (Å²) in [5, 5.41) is 13.4. The first-order valence-corrected chi connectivity index (χ1v) is 10.4. The fourth-order valence-electron chi connectivity index (χ4n) is 3.87. The second-order valence-electron chi connectivity index (χ2n) is 7.11. The van der Waals surface area contributed by atoms with Gasteiger partial charge in [-0.25, -0.2) is 22.9 Å². The van der Waals surface area contributed by atoms with Crippen molar-refractivity contribution >= 4 is 21.7 Å². The molecule has 2 fully saturated rings. The molecule has 10 nitrogen and oxygen atoms in total. The van der Waals surface area contributed by atoms with Gasteiger partial charge in [0, 0.05) is 31.1 Å². The Bertz CT molecular complexity index is 1030. The van der Waals surface area contributed by atoms with E-state index in [1.54, 1.807) is 10.7 Å². The van der Waals surface area contributed by atoms with E-state index in [1.165, 1.54) is 4.90 Å². The number of hydrogen-bond donors (Lipinski definition) is 1. The summed E-state index contributed by atoms with van der Waals surface area (Å²) in [6.45, 7) is 4.58. The standard InChI is InChI=1S/C16H20N6O4S/c1-9-4-10(2)22(19-9)14-6-13(17-15(18-14)27(3,25)26)20-7-12-5-11(20)8-21(12)16(23)24/h4,6,11-12H,5,7-8H2,1-3H3,(H,23,24)/t11-,12-/m0/s1. The van der Waals surface area contributed by atoms with Gasteiger partial charge in [-0.1, -0.05) is 0 Å². The predicted octanol–water partition coefficient (Wildman–Crippen LogP) is 0.624. The number of anilines is 1. The van der Waals surface area contributed by atoms with E-state index in [1.807, 2.05) is 24.8 Å². The first-order valence-electron chi connectivity index (χ1n) is 8.52. The van der Waals surface area contributed by atoms with Crippen LogP contribution < -0.4 is 4.90 Å². The Morgan fingerprint density at radius 1 is 1.15 bits per heavy atom. The van der Waals surface area contributed by atoms with Crippen molar-refractivity contribution in [2.75, 3.05) is 24.2 Å². The zero-order chi connectivity index (χ0) is 19.5. The summed E-state index contributed by atoms with van der Waals surface area (Å²) >= 11 is 0. The van der Waals surface area contributed by atoms with E-state index in [2.05, 4.69) is 15.1 Å². The van der Waals surface area contributed by atoms with Crippen LogP contribution in [0.2, 0.25) is 0 Å². The third-order valence-corrected chi connectivity index (χ3v) is 5.86. The molecule has 0 spiro atoms. The lowest BCUT2D eigenvalue weighted by atomic mass is 10.2. The van der Waals surface area contributed by atoms with E-state index >= 15 is 0 Å². The largest absolute Gasteiger partial charge is 0.465 e. The van der Waals surface area contributed by atoms with Crippen molar-refractivity contribution < 1.29 is 18.3 Å². The number of aromatic nitrogens is 4. The lowest BCUT2D eigenvalue weighted by molar-refractivity contribution is 0.137. The lowest BCUT2D eigenvalue weighted by Gasteiger charge is -2.33. The van der Waals surface area contributed by atoms with Gasteiger partial charge in [-0.2, -0.15) is 10.1 Å². The van der Waals surface area contributed by atoms with E-state index < -0.39 is 15.9 Å². The molecule has 0 saturated carbocycles. The molecule has 0 aromatic carbocycles. The maximum atomic E-state index is 12.1. The molecule has 2 aromatic heterocycles. The summed E-state index contributed by atoms with van der Waals surface area (Å²) < 4.78 is 25.8. The summed E-state index contributed by atoms with van der Waals surface area (Å²) in [5.74, 6) is 0.856. The molecule has 144 valence electrons. The van der Waals surface area contributed by atoms with Gasteiger partial charge in [-0.3, -0.25) is 0 Å². The second kappa shape index (κ2) is 5.91. The van der Waals surface area contributed by atoms with E-state index in [9.17, 15) is 18.3 Å². The van der Waals surface area contributed by atoms with Crippen molar-refractivity contribution in [3.8, 4) is 5.82 Å². The molecule has 2 aromatic rings. The molecule has 11 heteroatoms. The molecule has 2 aliphatic rings. The molecule has 0 unspecified atom stereocenters. The summed E-state index contributed by atoms with van der Waals surface area (Å²) in [6, 6.07) is 3.45. The highest BCUT2D eigenvalue weighted by atomic mass is 32.2. The normalized spacial score (nSPS) is 21.9. The second-order valence-corrected chi connectivity index (χ2v) is 9.02. The Morgan fingerprint density at radius 2 is 1.85 bits per heavy atom. The van der Waals surface area contributed by atoms with Gasteiger partial charge in [-0.05, 0) is 26.3 Å². The van der Waals surface area contributed by atoms with Crippen molar-refractivity contribution in [1.82, 2.24) is 24.6 Å². The number of piperazine rings is 1. The van der Waals surface area contributed by atoms with Crippen molar-refractivity contribution in [1.29, 1.82) is 0 Å². The number of carbonyl (C=O) groups is 1. The number of rotatable bonds is 3. The topological polar surface area (TPSA) is 122 Å². The Hall–Kier alpha value is -2.69. The zero-order valence-corrected chi connectivity index (χ0v) is 16.0. The minimum absolute atomic E-state index is 0.0262. The van der Waals surface area contributed by atoms with Gasteiger partial charge >= 0.3 is 6.09 Å². The number of carboxylic acid groups (broad SMARTS) is 1. The molecule has 2 saturated heterocycles. The smallest absolute Gasteiger partial charge is 0.407 e. The Balaban J connectivity index is 1.77. The summed E-state index contributed by atoms with van der Waals surface area (Å²) in [5.41, 5.74) is 1.63. The summed E-state index contributed by atoms with van der Waals surface area (Å²) in [4.78, 5) is 23.1. The molecule has 4 heterocycles. The van der Waals surface area contributed by atoms with Crippen LogP contribution in [0.25, 0.3) is 5.82 Å². The number of sulfone groups is 1. The number of aryl methyl sites for hydroxylation is 2. The van der Waals surface area contributed by atoms with Crippen LogP contribution in [0.15, 0.2) is 17.3 Å². The number of amides is 1. The molecule has 2 bridgehead atoms. The van der Waals surface area contributed by atoms with Gasteiger partial charge in [0.1, 0.15) is 5.82 Å². The number of fused-ring (bicyclic) bond motifs is 2. The minimum Gasteiger partial charge on any atom is -0.465 e. The van der Waals surface area contributed by atoms with Crippen LogP contribution in [0, 0.1) is 13.8 Å². The van der Waals surface area contributed by atoms with Gasteiger partial charge < -0.3 is 14.9 Å². The van der Waals surface area contributed by atoms with Gasteiger partial charge in [-0.15, -0.1) is 0 Å². The molecule has 2 atom stereocenters. The van der Waals surface area contributed by atoms with E-state index in [4.69, 9.17) is 0 Å². The first kappa shape index (κ1) is 17.7. The summed E-state index contributed by atoms with van der Waals surface area (Å²) in [7, 11) is -3.62. The van der Waals surface area contributed by atoms with Gasteiger partial charge in [0.25, 0.3) is 5.16 Å². The Morgan fingerprint density at radius 3 is 2.37 bits per heavy atom. The molecular weight excluding hydrogens is 372 g/mol. The van der Waals surface area contributed by atoms with Gasteiger partial charge in [0.2, 0.25) is 9.84 Å². The lowest BCUT2D eigenvalue weighted by Crippen LogP contribution is -2.48. The van der Waals surface area contributed by atoms with Crippen molar-refractivity contribution in [3.63, 3.8) is 0 Å². The van der Waals surface area contributed by atoms with Crippen LogP contribution in [0.4, 0.5) is 10.6 Å². The minimum atomic E-state index is -3.62. The highest BCUT2D eigenvalue weighted by Gasteiger charge is 2.46. The molecule has 4 rings (SSSR count). The number of hydrogen-bond acceptors (Lipinski definition) is 7. The molecule has 0 radical (unpaired) electrons. The van der Waals surface area contributed by atoms with Crippen LogP contribution in [0.1, 0.15) is 17.8 Å². The van der Waals surface area contributed by atoms with Gasteiger partial charge in [0.05, 0.1) is 17.8 Å². The number of nitrogens with zero attached hydrogens (tertiary/aromatic N) is 6.